The summed E-state index contributed by atoms with van der Waals surface area (Å²) in [5.41, 5.74) is 3.98. The third-order valence-electron chi connectivity index (χ3n) is 5.19. The van der Waals surface area contributed by atoms with Gasteiger partial charge >= 0.3 is 0 Å². The van der Waals surface area contributed by atoms with E-state index in [1.54, 1.807) is 31.2 Å². The summed E-state index contributed by atoms with van der Waals surface area (Å²) in [5, 5.41) is 5.75. The molecule has 0 saturated heterocycles. The molecule has 0 unspecified atom stereocenters. The van der Waals surface area contributed by atoms with Gasteiger partial charge < -0.3 is 15.4 Å². The highest BCUT2D eigenvalue weighted by Gasteiger charge is 2.20. The molecule has 5 nitrogen and oxygen atoms in total. The van der Waals surface area contributed by atoms with E-state index in [0.29, 0.717) is 23.5 Å². The minimum Gasteiger partial charge on any atom is -0.481 e. The SMILES string of the molecule is Cc1ccc(C(C)C)c(O[C@H](C)C(=O)Nc2ccccc2C(=O)NCc2ccccc2)c1. The minimum atomic E-state index is -0.727. The van der Waals surface area contributed by atoms with Crippen molar-refractivity contribution in [1.29, 1.82) is 0 Å². The molecule has 0 aromatic heterocycles. The summed E-state index contributed by atoms with van der Waals surface area (Å²) in [5.74, 6) is 0.412. The number of carbonyl (C=O) groups excluding carboxylic acids is 2. The Hall–Kier alpha value is -3.60. The number of aryl methyl sites for hydroxylation is 1. The number of benzene rings is 3. The molecule has 0 saturated carbocycles. The van der Waals surface area contributed by atoms with E-state index in [-0.39, 0.29) is 17.7 Å². The van der Waals surface area contributed by atoms with E-state index in [9.17, 15) is 9.59 Å². The molecule has 3 rings (SSSR count). The largest absolute Gasteiger partial charge is 0.481 e. The van der Waals surface area contributed by atoms with Gasteiger partial charge in [0, 0.05) is 6.54 Å². The van der Waals surface area contributed by atoms with Crippen molar-refractivity contribution in [2.75, 3.05) is 5.32 Å². The molecule has 3 aromatic rings. The molecule has 2 amide bonds. The fourth-order valence-electron chi connectivity index (χ4n) is 3.36. The maximum Gasteiger partial charge on any atom is 0.265 e. The van der Waals surface area contributed by atoms with Gasteiger partial charge in [0.2, 0.25) is 0 Å². The fourth-order valence-corrected chi connectivity index (χ4v) is 3.36. The van der Waals surface area contributed by atoms with Crippen LogP contribution < -0.4 is 15.4 Å². The average Bonchev–Trinajstić information content (AvgIpc) is 2.78. The Morgan fingerprint density at radius 3 is 2.31 bits per heavy atom. The van der Waals surface area contributed by atoms with Crippen molar-refractivity contribution in [3.63, 3.8) is 0 Å². The Labute approximate surface area is 189 Å². The number of ether oxygens (including phenoxy) is 1. The first-order valence-corrected chi connectivity index (χ1v) is 10.8. The lowest BCUT2D eigenvalue weighted by molar-refractivity contribution is -0.122. The zero-order valence-corrected chi connectivity index (χ0v) is 19.0. The third kappa shape index (κ3) is 5.97. The Kier molecular flexibility index (Phi) is 7.66. The maximum atomic E-state index is 12.9. The summed E-state index contributed by atoms with van der Waals surface area (Å²) in [6.07, 6.45) is -0.727. The highest BCUT2D eigenvalue weighted by molar-refractivity contribution is 6.04. The molecule has 0 aliphatic rings. The van der Waals surface area contributed by atoms with Crippen LogP contribution in [0.1, 0.15) is 53.7 Å². The van der Waals surface area contributed by atoms with Crippen molar-refractivity contribution in [1.82, 2.24) is 5.32 Å². The molecule has 5 heteroatoms. The number of anilines is 1. The molecule has 0 aliphatic heterocycles. The summed E-state index contributed by atoms with van der Waals surface area (Å²) in [6.45, 7) is 8.29. The maximum absolute atomic E-state index is 12.9. The molecule has 2 N–H and O–H groups in total. The first kappa shape index (κ1) is 23.1. The van der Waals surface area contributed by atoms with Crippen molar-refractivity contribution < 1.29 is 14.3 Å². The third-order valence-corrected chi connectivity index (χ3v) is 5.19. The molecular weight excluding hydrogens is 400 g/mol. The van der Waals surface area contributed by atoms with Crippen LogP contribution in [0.2, 0.25) is 0 Å². The van der Waals surface area contributed by atoms with Crippen molar-refractivity contribution in [2.24, 2.45) is 0 Å². The lowest BCUT2D eigenvalue weighted by atomic mass is 10.0. The Morgan fingerprint density at radius 2 is 1.59 bits per heavy atom. The van der Waals surface area contributed by atoms with Gasteiger partial charge in [-0.1, -0.05) is 68.4 Å². The molecular formula is C27H30N2O3. The van der Waals surface area contributed by atoms with Gasteiger partial charge in [0.15, 0.2) is 6.10 Å². The van der Waals surface area contributed by atoms with Crippen LogP contribution in [0.15, 0.2) is 72.8 Å². The number of hydrogen-bond donors (Lipinski definition) is 2. The van der Waals surface area contributed by atoms with Gasteiger partial charge in [0.25, 0.3) is 11.8 Å². The van der Waals surface area contributed by atoms with Crippen LogP contribution in [0.5, 0.6) is 5.75 Å². The molecule has 0 bridgehead atoms. The van der Waals surface area contributed by atoms with Crippen LogP contribution in [-0.2, 0) is 11.3 Å². The van der Waals surface area contributed by atoms with Crippen LogP contribution in [0.4, 0.5) is 5.69 Å². The number of carbonyl (C=O) groups is 2. The van der Waals surface area contributed by atoms with Crippen molar-refractivity contribution in [2.45, 2.75) is 46.3 Å². The second kappa shape index (κ2) is 10.6. The van der Waals surface area contributed by atoms with Gasteiger partial charge in [-0.2, -0.15) is 0 Å². The van der Waals surface area contributed by atoms with Gasteiger partial charge in [-0.25, -0.2) is 0 Å². The molecule has 0 spiro atoms. The van der Waals surface area contributed by atoms with Crippen molar-refractivity contribution >= 4 is 17.5 Å². The van der Waals surface area contributed by atoms with E-state index >= 15 is 0 Å². The van der Waals surface area contributed by atoms with Crippen molar-refractivity contribution in [3.05, 3.63) is 95.1 Å². The van der Waals surface area contributed by atoms with E-state index in [4.69, 9.17) is 4.74 Å². The Morgan fingerprint density at radius 1 is 0.906 bits per heavy atom. The zero-order chi connectivity index (χ0) is 23.1. The predicted molar refractivity (Wildman–Crippen MR) is 128 cm³/mol. The van der Waals surface area contributed by atoms with Crippen LogP contribution >= 0.6 is 0 Å². The standard InChI is InChI=1S/C27H30N2O3/c1-18(2)22-15-14-19(3)16-25(22)32-20(4)26(30)29-24-13-9-8-12-23(24)27(31)28-17-21-10-6-5-7-11-21/h5-16,18,20H,17H2,1-4H3,(H,28,31)(H,29,30)/t20-/m1/s1. The summed E-state index contributed by atoms with van der Waals surface area (Å²) in [7, 11) is 0. The first-order valence-electron chi connectivity index (χ1n) is 10.8. The van der Waals surface area contributed by atoms with Crippen LogP contribution in [0.3, 0.4) is 0 Å². The predicted octanol–water partition coefficient (Wildman–Crippen LogP) is 5.45. The van der Waals surface area contributed by atoms with E-state index < -0.39 is 6.10 Å². The molecule has 0 fully saturated rings. The summed E-state index contributed by atoms with van der Waals surface area (Å²) in [6, 6.07) is 22.7. The van der Waals surface area contributed by atoms with E-state index in [0.717, 1.165) is 16.7 Å². The Balaban J connectivity index is 1.69. The summed E-state index contributed by atoms with van der Waals surface area (Å²) in [4.78, 5) is 25.6. The van der Waals surface area contributed by atoms with E-state index in [2.05, 4.69) is 24.5 Å². The zero-order valence-electron chi connectivity index (χ0n) is 19.0. The quantitative estimate of drug-likeness (QED) is 0.499. The van der Waals surface area contributed by atoms with E-state index in [1.165, 1.54) is 0 Å². The monoisotopic (exact) mass is 430 g/mol. The second-order valence-corrected chi connectivity index (χ2v) is 8.16. The van der Waals surface area contributed by atoms with Gasteiger partial charge in [-0.05, 0) is 54.7 Å². The minimum absolute atomic E-state index is 0.251. The van der Waals surface area contributed by atoms with Crippen molar-refractivity contribution in [3.8, 4) is 5.75 Å². The van der Waals surface area contributed by atoms with E-state index in [1.807, 2.05) is 55.5 Å². The highest BCUT2D eigenvalue weighted by Crippen LogP contribution is 2.28. The Bertz CT molecular complexity index is 1080. The second-order valence-electron chi connectivity index (χ2n) is 8.16. The number of para-hydroxylation sites is 1. The molecule has 32 heavy (non-hydrogen) atoms. The average molecular weight is 431 g/mol. The van der Waals surface area contributed by atoms with Gasteiger partial charge in [0.05, 0.1) is 11.3 Å². The smallest absolute Gasteiger partial charge is 0.265 e. The fraction of sp³-hybridized carbons (Fsp3) is 0.259. The highest BCUT2D eigenvalue weighted by atomic mass is 16.5. The number of hydrogen-bond acceptors (Lipinski definition) is 3. The first-order chi connectivity index (χ1) is 15.3. The molecule has 0 aliphatic carbocycles. The molecule has 0 heterocycles. The normalized spacial score (nSPS) is 11.7. The van der Waals surface area contributed by atoms with Gasteiger partial charge in [-0.3, -0.25) is 9.59 Å². The number of rotatable bonds is 8. The summed E-state index contributed by atoms with van der Waals surface area (Å²) < 4.78 is 6.01. The van der Waals surface area contributed by atoms with Crippen LogP contribution in [0, 0.1) is 6.92 Å². The molecule has 166 valence electrons. The number of nitrogens with one attached hydrogen (secondary N) is 2. The van der Waals surface area contributed by atoms with Gasteiger partial charge in [-0.15, -0.1) is 0 Å². The molecule has 3 aromatic carbocycles. The lowest BCUT2D eigenvalue weighted by Gasteiger charge is -2.20. The van der Waals surface area contributed by atoms with Gasteiger partial charge in [0.1, 0.15) is 5.75 Å². The topological polar surface area (TPSA) is 67.4 Å². The number of amides is 2. The van der Waals surface area contributed by atoms with Crippen LogP contribution in [-0.4, -0.2) is 17.9 Å². The molecule has 0 radical (unpaired) electrons. The summed E-state index contributed by atoms with van der Waals surface area (Å²) >= 11 is 0. The van der Waals surface area contributed by atoms with Crippen LogP contribution in [0.25, 0.3) is 0 Å². The molecule has 1 atom stereocenters. The lowest BCUT2D eigenvalue weighted by Crippen LogP contribution is -2.32.